The summed E-state index contributed by atoms with van der Waals surface area (Å²) in [4.78, 5) is 29.1. The number of fused-ring (bicyclic) bond motifs is 2. The molecule has 4 aromatic rings. The monoisotopic (exact) mass is 424 g/mol. The van der Waals surface area contributed by atoms with E-state index in [9.17, 15) is 9.59 Å². The number of ether oxygens (including phenoxy) is 2. The first-order chi connectivity index (χ1) is 15.7. The molecule has 2 aliphatic heterocycles. The van der Waals surface area contributed by atoms with Crippen LogP contribution in [-0.4, -0.2) is 37.5 Å². The van der Waals surface area contributed by atoms with Crippen LogP contribution in [0, 0.1) is 0 Å². The first-order valence-corrected chi connectivity index (χ1v) is 10.6. The van der Waals surface area contributed by atoms with Crippen LogP contribution >= 0.6 is 0 Å². The molecule has 2 amide bonds. The van der Waals surface area contributed by atoms with Crippen LogP contribution < -0.4 is 9.80 Å². The van der Waals surface area contributed by atoms with Crippen LogP contribution in [0.15, 0.2) is 84.9 Å². The highest BCUT2D eigenvalue weighted by atomic mass is 16.6. The summed E-state index contributed by atoms with van der Waals surface area (Å²) in [5.74, 6) is 0. The minimum Gasteiger partial charge on any atom is -0.447 e. The van der Waals surface area contributed by atoms with Gasteiger partial charge in [-0.25, -0.2) is 9.59 Å². The number of cyclic esters (lactones) is 2. The molecule has 0 spiro atoms. The minimum absolute atomic E-state index is 0.185. The van der Waals surface area contributed by atoms with Gasteiger partial charge >= 0.3 is 12.2 Å². The van der Waals surface area contributed by atoms with Crippen molar-refractivity contribution in [2.45, 2.75) is 12.1 Å². The van der Waals surface area contributed by atoms with Gasteiger partial charge in [-0.1, -0.05) is 72.8 Å². The lowest BCUT2D eigenvalue weighted by Gasteiger charge is -2.31. The topological polar surface area (TPSA) is 59.1 Å². The van der Waals surface area contributed by atoms with Gasteiger partial charge in [-0.3, -0.25) is 9.80 Å². The molecule has 6 rings (SSSR count). The summed E-state index contributed by atoms with van der Waals surface area (Å²) in [5, 5.41) is 3.99. The molecule has 0 bridgehead atoms. The number of benzene rings is 4. The molecule has 2 aliphatic rings. The van der Waals surface area contributed by atoms with Crippen molar-refractivity contribution in [2.75, 3.05) is 23.0 Å². The van der Waals surface area contributed by atoms with Gasteiger partial charge in [0.25, 0.3) is 0 Å². The van der Waals surface area contributed by atoms with Crippen LogP contribution in [0.4, 0.5) is 21.0 Å². The van der Waals surface area contributed by atoms with E-state index in [0.717, 1.165) is 32.9 Å². The Morgan fingerprint density at radius 3 is 1.44 bits per heavy atom. The number of rotatable bonds is 3. The zero-order valence-electron chi connectivity index (χ0n) is 17.2. The van der Waals surface area contributed by atoms with E-state index in [1.165, 1.54) is 0 Å². The smallest absolute Gasteiger partial charge is 0.414 e. The van der Waals surface area contributed by atoms with E-state index in [-0.39, 0.29) is 25.3 Å². The Hall–Kier alpha value is -4.06. The summed E-state index contributed by atoms with van der Waals surface area (Å²) in [6, 6.07) is 26.8. The van der Waals surface area contributed by atoms with Gasteiger partial charge in [0.05, 0.1) is 23.5 Å². The van der Waals surface area contributed by atoms with E-state index >= 15 is 0 Å². The molecular formula is C26H20N2O4. The molecule has 0 aliphatic carbocycles. The third kappa shape index (κ3) is 2.80. The summed E-state index contributed by atoms with van der Waals surface area (Å²) >= 11 is 0. The molecule has 4 aromatic carbocycles. The minimum atomic E-state index is -0.413. The lowest BCUT2D eigenvalue weighted by atomic mass is 10.0. The highest BCUT2D eigenvalue weighted by molar-refractivity contribution is 6.05. The first kappa shape index (κ1) is 18.7. The van der Waals surface area contributed by atoms with Gasteiger partial charge < -0.3 is 9.47 Å². The second kappa shape index (κ2) is 7.27. The van der Waals surface area contributed by atoms with Gasteiger partial charge in [0.2, 0.25) is 0 Å². The predicted octanol–water partition coefficient (Wildman–Crippen LogP) is 5.34. The maximum atomic E-state index is 12.9. The normalized spacial score (nSPS) is 20.8. The molecule has 32 heavy (non-hydrogen) atoms. The lowest BCUT2D eigenvalue weighted by molar-refractivity contribution is 0.172. The zero-order valence-corrected chi connectivity index (χ0v) is 17.2. The largest absolute Gasteiger partial charge is 0.447 e. The first-order valence-electron chi connectivity index (χ1n) is 10.6. The van der Waals surface area contributed by atoms with Gasteiger partial charge in [-0.15, -0.1) is 0 Å². The van der Waals surface area contributed by atoms with Crippen molar-refractivity contribution in [2.24, 2.45) is 0 Å². The van der Waals surface area contributed by atoms with Crippen LogP contribution in [0.25, 0.3) is 21.5 Å². The van der Waals surface area contributed by atoms with Gasteiger partial charge in [0.1, 0.15) is 13.2 Å². The summed E-state index contributed by atoms with van der Waals surface area (Å²) in [7, 11) is 0. The van der Waals surface area contributed by atoms with Crippen LogP contribution in [0.5, 0.6) is 0 Å². The van der Waals surface area contributed by atoms with Gasteiger partial charge in [0.15, 0.2) is 0 Å². The van der Waals surface area contributed by atoms with Gasteiger partial charge in [0, 0.05) is 10.8 Å². The number of amides is 2. The van der Waals surface area contributed by atoms with Crippen molar-refractivity contribution in [3.63, 3.8) is 0 Å². The van der Waals surface area contributed by atoms with Crippen molar-refractivity contribution in [1.29, 1.82) is 0 Å². The number of anilines is 2. The van der Waals surface area contributed by atoms with E-state index in [1.807, 2.05) is 84.9 Å². The summed E-state index contributed by atoms with van der Waals surface area (Å²) < 4.78 is 11.0. The third-order valence-electron chi connectivity index (χ3n) is 6.31. The summed E-state index contributed by atoms with van der Waals surface area (Å²) in [5.41, 5.74) is 1.54. The highest BCUT2D eigenvalue weighted by Gasteiger charge is 2.48. The molecule has 0 radical (unpaired) electrons. The van der Waals surface area contributed by atoms with E-state index in [2.05, 4.69) is 0 Å². The molecule has 0 unspecified atom stereocenters. The molecular weight excluding hydrogens is 404 g/mol. The number of carbonyl (C=O) groups is 2. The quantitative estimate of drug-likeness (QED) is 0.445. The molecule has 2 heterocycles. The lowest BCUT2D eigenvalue weighted by Crippen LogP contribution is -2.50. The van der Waals surface area contributed by atoms with Crippen LogP contribution in [0.2, 0.25) is 0 Å². The molecule has 2 atom stereocenters. The van der Waals surface area contributed by atoms with Gasteiger partial charge in [-0.2, -0.15) is 0 Å². The number of nitrogens with zero attached hydrogens (tertiary/aromatic N) is 2. The van der Waals surface area contributed by atoms with Crippen molar-refractivity contribution in [1.82, 2.24) is 0 Å². The van der Waals surface area contributed by atoms with Crippen LogP contribution in [-0.2, 0) is 9.47 Å². The number of hydrogen-bond donors (Lipinski definition) is 0. The Labute approximate surface area is 184 Å². The number of carbonyl (C=O) groups excluding carboxylic acids is 2. The SMILES string of the molecule is O=C1OC[C@H]([C@H]2COC(=O)N2c2cccc3ccccc23)N1c1cccc2ccccc12. The van der Waals surface area contributed by atoms with Crippen molar-refractivity contribution in [3.8, 4) is 0 Å². The average Bonchev–Trinajstić information content (AvgIpc) is 3.40. The molecule has 6 heteroatoms. The van der Waals surface area contributed by atoms with E-state index in [1.54, 1.807) is 9.80 Å². The highest BCUT2D eigenvalue weighted by Crippen LogP contribution is 2.37. The van der Waals surface area contributed by atoms with E-state index < -0.39 is 12.2 Å². The molecule has 0 N–H and O–H groups in total. The summed E-state index contributed by atoms with van der Waals surface area (Å²) in [6.45, 7) is 0.370. The molecule has 158 valence electrons. The fourth-order valence-corrected chi connectivity index (χ4v) is 4.83. The average molecular weight is 424 g/mol. The molecule has 0 aromatic heterocycles. The van der Waals surface area contributed by atoms with Crippen molar-refractivity contribution < 1.29 is 19.1 Å². The molecule has 0 saturated carbocycles. The Morgan fingerprint density at radius 1 is 0.562 bits per heavy atom. The zero-order chi connectivity index (χ0) is 21.7. The fourth-order valence-electron chi connectivity index (χ4n) is 4.83. The Balaban J connectivity index is 1.46. The van der Waals surface area contributed by atoms with Gasteiger partial charge in [-0.05, 0) is 22.9 Å². The van der Waals surface area contributed by atoms with Crippen molar-refractivity contribution >= 4 is 45.1 Å². The van der Waals surface area contributed by atoms with Crippen LogP contribution in [0.3, 0.4) is 0 Å². The van der Waals surface area contributed by atoms with E-state index in [4.69, 9.17) is 9.47 Å². The molecule has 2 fully saturated rings. The maximum absolute atomic E-state index is 12.9. The Kier molecular flexibility index (Phi) is 4.24. The second-order valence-electron chi connectivity index (χ2n) is 8.03. The number of hydrogen-bond acceptors (Lipinski definition) is 4. The maximum Gasteiger partial charge on any atom is 0.414 e. The molecule has 6 nitrogen and oxygen atoms in total. The fraction of sp³-hybridized carbons (Fsp3) is 0.154. The standard InChI is InChI=1S/C26H20N2O4/c29-25-27(21-13-5-9-17-7-1-3-11-19(17)21)23(15-31-25)24-16-32-26(30)28(24)22-14-6-10-18-8-2-4-12-20(18)22/h1-14,23-24H,15-16H2/t23-,24-/m1/s1. The molecule has 2 saturated heterocycles. The van der Waals surface area contributed by atoms with Crippen molar-refractivity contribution in [3.05, 3.63) is 84.9 Å². The Morgan fingerprint density at radius 2 is 0.969 bits per heavy atom. The Bertz CT molecular complexity index is 1250. The second-order valence-corrected chi connectivity index (χ2v) is 8.03. The third-order valence-corrected chi connectivity index (χ3v) is 6.31. The predicted molar refractivity (Wildman–Crippen MR) is 123 cm³/mol. The van der Waals surface area contributed by atoms with E-state index in [0.29, 0.717) is 0 Å². The summed E-state index contributed by atoms with van der Waals surface area (Å²) in [6.07, 6.45) is -0.827. The van der Waals surface area contributed by atoms with Crippen LogP contribution in [0.1, 0.15) is 0 Å².